The lowest BCUT2D eigenvalue weighted by molar-refractivity contribution is 0.881. The lowest BCUT2D eigenvalue weighted by Gasteiger charge is -2.03. The molecule has 0 amide bonds. The first kappa shape index (κ1) is 12.7. The fourth-order valence-corrected chi connectivity index (χ4v) is 1.79. The van der Waals surface area contributed by atoms with E-state index in [9.17, 15) is 0 Å². The standard InChI is InChI=1S/C10H6Br2N6/c11-8-2-1-7(3-9(8)12)14-5-6(4-13)10-15-17-18-16-10/h1-3,5,14H,(H,15,16,17,18). The number of aromatic amines is 1. The number of nitriles is 1. The minimum absolute atomic E-state index is 0.251. The quantitative estimate of drug-likeness (QED) is 0.811. The largest absolute Gasteiger partial charge is 0.360 e. The van der Waals surface area contributed by atoms with Crippen molar-refractivity contribution in [2.75, 3.05) is 5.32 Å². The second-order valence-corrected chi connectivity index (χ2v) is 4.89. The molecule has 0 unspecified atom stereocenters. The van der Waals surface area contributed by atoms with Crippen LogP contribution in [0, 0.1) is 11.3 Å². The van der Waals surface area contributed by atoms with Gasteiger partial charge in [-0.25, -0.2) is 0 Å². The van der Waals surface area contributed by atoms with Gasteiger partial charge in [0.2, 0.25) is 5.82 Å². The number of aromatic nitrogens is 4. The molecule has 90 valence electrons. The van der Waals surface area contributed by atoms with E-state index < -0.39 is 0 Å². The summed E-state index contributed by atoms with van der Waals surface area (Å²) in [6.07, 6.45) is 1.53. The Morgan fingerprint density at radius 1 is 1.39 bits per heavy atom. The summed E-state index contributed by atoms with van der Waals surface area (Å²) in [6.45, 7) is 0. The van der Waals surface area contributed by atoms with Gasteiger partial charge in [0.15, 0.2) is 0 Å². The van der Waals surface area contributed by atoms with Crippen molar-refractivity contribution in [3.05, 3.63) is 39.2 Å². The van der Waals surface area contributed by atoms with E-state index in [4.69, 9.17) is 5.26 Å². The smallest absolute Gasteiger partial charge is 0.216 e. The molecule has 0 spiro atoms. The number of hydrogen-bond donors (Lipinski definition) is 2. The van der Waals surface area contributed by atoms with Crippen molar-refractivity contribution in [2.24, 2.45) is 0 Å². The highest BCUT2D eigenvalue weighted by Crippen LogP contribution is 2.26. The average molecular weight is 370 g/mol. The number of tetrazole rings is 1. The van der Waals surface area contributed by atoms with Crippen molar-refractivity contribution in [1.29, 1.82) is 5.26 Å². The fraction of sp³-hybridized carbons (Fsp3) is 0. The molecule has 1 heterocycles. The maximum absolute atomic E-state index is 8.98. The second-order valence-electron chi connectivity index (χ2n) is 3.18. The minimum atomic E-state index is 0.251. The van der Waals surface area contributed by atoms with E-state index in [1.165, 1.54) is 6.20 Å². The van der Waals surface area contributed by atoms with E-state index in [1.807, 2.05) is 24.3 Å². The van der Waals surface area contributed by atoms with Crippen LogP contribution in [0.1, 0.15) is 5.82 Å². The lowest BCUT2D eigenvalue weighted by Crippen LogP contribution is -1.93. The van der Waals surface area contributed by atoms with Crippen LogP contribution < -0.4 is 5.32 Å². The van der Waals surface area contributed by atoms with Gasteiger partial charge >= 0.3 is 0 Å². The second kappa shape index (κ2) is 5.75. The van der Waals surface area contributed by atoms with E-state index >= 15 is 0 Å². The average Bonchev–Trinajstić information content (AvgIpc) is 2.88. The molecule has 0 radical (unpaired) electrons. The first-order valence-electron chi connectivity index (χ1n) is 4.76. The van der Waals surface area contributed by atoms with Crippen LogP contribution in [0.5, 0.6) is 0 Å². The van der Waals surface area contributed by atoms with E-state index in [2.05, 4.69) is 57.8 Å². The zero-order chi connectivity index (χ0) is 13.0. The number of H-pyrrole nitrogens is 1. The van der Waals surface area contributed by atoms with Crippen LogP contribution in [0.4, 0.5) is 5.69 Å². The molecule has 6 nitrogen and oxygen atoms in total. The Bertz CT molecular complexity index is 614. The first-order valence-corrected chi connectivity index (χ1v) is 6.35. The Morgan fingerprint density at radius 2 is 2.22 bits per heavy atom. The molecule has 0 aliphatic carbocycles. The van der Waals surface area contributed by atoms with Crippen LogP contribution in [0.25, 0.3) is 5.57 Å². The Labute approximate surface area is 119 Å². The normalized spacial score (nSPS) is 11.1. The molecular formula is C10H6Br2N6. The zero-order valence-electron chi connectivity index (χ0n) is 8.85. The number of benzene rings is 1. The van der Waals surface area contributed by atoms with Gasteiger partial charge < -0.3 is 5.32 Å². The molecule has 0 saturated carbocycles. The number of allylic oxidation sites excluding steroid dienone is 1. The number of nitrogens with one attached hydrogen (secondary N) is 2. The Balaban J connectivity index is 2.19. The van der Waals surface area contributed by atoms with Gasteiger partial charge in [0.05, 0.1) is 0 Å². The summed E-state index contributed by atoms with van der Waals surface area (Å²) in [5.41, 5.74) is 1.13. The Kier molecular flexibility index (Phi) is 4.07. The summed E-state index contributed by atoms with van der Waals surface area (Å²) < 4.78 is 1.87. The van der Waals surface area contributed by atoms with Crippen LogP contribution in [-0.4, -0.2) is 20.6 Å². The van der Waals surface area contributed by atoms with Gasteiger partial charge in [-0.15, -0.1) is 10.2 Å². The van der Waals surface area contributed by atoms with Gasteiger partial charge in [0.25, 0.3) is 0 Å². The molecule has 18 heavy (non-hydrogen) atoms. The van der Waals surface area contributed by atoms with Crippen LogP contribution in [0.3, 0.4) is 0 Å². The predicted octanol–water partition coefficient (Wildman–Crippen LogP) is 2.70. The molecular weight excluding hydrogens is 364 g/mol. The van der Waals surface area contributed by atoms with Crippen LogP contribution >= 0.6 is 31.9 Å². The minimum Gasteiger partial charge on any atom is -0.360 e. The molecule has 2 N–H and O–H groups in total. The summed E-state index contributed by atoms with van der Waals surface area (Å²) in [7, 11) is 0. The molecule has 1 aromatic carbocycles. The van der Waals surface area contributed by atoms with E-state index in [1.54, 1.807) is 0 Å². The molecule has 1 aromatic heterocycles. The molecule has 0 atom stereocenters. The van der Waals surface area contributed by atoms with Gasteiger partial charge in [-0.05, 0) is 55.3 Å². The van der Waals surface area contributed by atoms with Crippen molar-refractivity contribution in [2.45, 2.75) is 0 Å². The third kappa shape index (κ3) is 2.94. The number of halogens is 2. The molecule has 0 bridgehead atoms. The highest BCUT2D eigenvalue weighted by Gasteiger charge is 2.05. The number of hydrogen-bond acceptors (Lipinski definition) is 5. The highest BCUT2D eigenvalue weighted by atomic mass is 79.9. The van der Waals surface area contributed by atoms with Crippen molar-refractivity contribution in [1.82, 2.24) is 20.6 Å². The Hall–Kier alpha value is -1.72. The molecule has 2 aromatic rings. The van der Waals surface area contributed by atoms with Crippen LogP contribution in [0.2, 0.25) is 0 Å². The summed E-state index contributed by atoms with van der Waals surface area (Å²) in [5.74, 6) is 0.251. The van der Waals surface area contributed by atoms with Crippen molar-refractivity contribution in [3.63, 3.8) is 0 Å². The van der Waals surface area contributed by atoms with Gasteiger partial charge in [-0.3, -0.25) is 0 Å². The molecule has 0 fully saturated rings. The van der Waals surface area contributed by atoms with Crippen molar-refractivity contribution < 1.29 is 0 Å². The van der Waals surface area contributed by atoms with Crippen LogP contribution in [0.15, 0.2) is 33.3 Å². The number of anilines is 1. The van der Waals surface area contributed by atoms with Crippen LogP contribution in [-0.2, 0) is 0 Å². The van der Waals surface area contributed by atoms with Gasteiger partial charge in [-0.2, -0.15) is 10.5 Å². The zero-order valence-corrected chi connectivity index (χ0v) is 12.0. The molecule has 8 heteroatoms. The summed E-state index contributed by atoms with van der Waals surface area (Å²) in [5, 5.41) is 25.1. The molecule has 0 aliphatic heterocycles. The third-order valence-electron chi connectivity index (χ3n) is 2.01. The number of nitrogens with zero attached hydrogens (tertiary/aromatic N) is 4. The third-order valence-corrected chi connectivity index (χ3v) is 3.89. The molecule has 0 aliphatic rings. The predicted molar refractivity (Wildman–Crippen MR) is 73.2 cm³/mol. The summed E-state index contributed by atoms with van der Waals surface area (Å²) in [4.78, 5) is 0. The summed E-state index contributed by atoms with van der Waals surface area (Å²) in [6, 6.07) is 7.64. The number of rotatable bonds is 3. The monoisotopic (exact) mass is 368 g/mol. The first-order chi connectivity index (χ1) is 8.70. The Morgan fingerprint density at radius 3 is 2.83 bits per heavy atom. The van der Waals surface area contributed by atoms with Gasteiger partial charge in [0, 0.05) is 20.8 Å². The SMILES string of the molecule is N#CC(=CNc1ccc(Br)c(Br)c1)c1nn[nH]n1. The maximum atomic E-state index is 8.98. The maximum Gasteiger partial charge on any atom is 0.216 e. The van der Waals surface area contributed by atoms with Crippen molar-refractivity contribution >= 4 is 43.1 Å². The topological polar surface area (TPSA) is 90.3 Å². The van der Waals surface area contributed by atoms with Gasteiger partial charge in [-0.1, -0.05) is 0 Å². The van der Waals surface area contributed by atoms with Gasteiger partial charge in [0.1, 0.15) is 11.6 Å². The lowest BCUT2D eigenvalue weighted by atomic mass is 10.3. The van der Waals surface area contributed by atoms with Crippen molar-refractivity contribution in [3.8, 4) is 6.07 Å². The summed E-state index contributed by atoms with van der Waals surface area (Å²) >= 11 is 6.78. The van der Waals surface area contributed by atoms with E-state index in [-0.39, 0.29) is 5.82 Å². The molecule has 2 rings (SSSR count). The van der Waals surface area contributed by atoms with E-state index in [0.29, 0.717) is 5.57 Å². The highest BCUT2D eigenvalue weighted by molar-refractivity contribution is 9.13. The fourth-order valence-electron chi connectivity index (χ4n) is 1.16. The van der Waals surface area contributed by atoms with E-state index in [0.717, 1.165) is 14.6 Å². The molecule has 0 saturated heterocycles.